The van der Waals surface area contributed by atoms with Gasteiger partial charge < -0.3 is 4.52 Å². The molecule has 0 N–H and O–H groups in total. The van der Waals surface area contributed by atoms with Gasteiger partial charge in [-0.25, -0.2) is 0 Å². The van der Waals surface area contributed by atoms with E-state index in [0.717, 1.165) is 34.3 Å². The Morgan fingerprint density at radius 1 is 1.07 bits per heavy atom. The van der Waals surface area contributed by atoms with Crippen LogP contribution in [-0.4, -0.2) is 35.6 Å². The Morgan fingerprint density at radius 2 is 1.93 bits per heavy atom. The first-order chi connectivity index (χ1) is 14.3. The van der Waals surface area contributed by atoms with Crippen molar-refractivity contribution in [3.8, 4) is 22.8 Å². The van der Waals surface area contributed by atoms with Crippen LogP contribution in [0.3, 0.4) is 0 Å². The third kappa shape index (κ3) is 4.60. The van der Waals surface area contributed by atoms with Gasteiger partial charge in [-0.3, -0.25) is 9.55 Å². The molecule has 0 saturated carbocycles. The molecule has 0 aliphatic carbocycles. The van der Waals surface area contributed by atoms with Crippen LogP contribution in [0.25, 0.3) is 22.8 Å². The lowest BCUT2D eigenvalue weighted by Crippen LogP contribution is -2.01. The highest BCUT2D eigenvalue weighted by molar-refractivity contribution is 7.99. The first kappa shape index (κ1) is 19.1. The third-order valence-electron chi connectivity index (χ3n) is 4.21. The second-order valence-corrected chi connectivity index (χ2v) is 7.34. The Labute approximate surface area is 172 Å². The molecule has 4 aromatic rings. The molecule has 146 valence electrons. The normalized spacial score (nSPS) is 10.9. The molecule has 0 amide bonds. The summed E-state index contributed by atoms with van der Waals surface area (Å²) < 4.78 is 7.43. The van der Waals surface area contributed by atoms with Gasteiger partial charge in [0.2, 0.25) is 11.7 Å². The minimum Gasteiger partial charge on any atom is -0.339 e. The molecule has 0 radical (unpaired) electrons. The van der Waals surface area contributed by atoms with Crippen LogP contribution in [0.15, 0.2) is 77.2 Å². The van der Waals surface area contributed by atoms with E-state index in [1.54, 1.807) is 24.2 Å². The van der Waals surface area contributed by atoms with Crippen molar-refractivity contribution in [1.82, 2.24) is 29.9 Å². The Morgan fingerprint density at radius 3 is 2.72 bits per heavy atom. The Balaban J connectivity index is 1.36. The van der Waals surface area contributed by atoms with Crippen LogP contribution >= 0.6 is 11.8 Å². The maximum Gasteiger partial charge on any atom is 0.226 e. The van der Waals surface area contributed by atoms with E-state index in [-0.39, 0.29) is 0 Å². The average molecular weight is 404 g/mol. The summed E-state index contributed by atoms with van der Waals surface area (Å²) >= 11 is 1.67. The number of pyridine rings is 1. The summed E-state index contributed by atoms with van der Waals surface area (Å²) in [5, 5.41) is 13.7. The van der Waals surface area contributed by atoms with Gasteiger partial charge in [-0.2, -0.15) is 4.98 Å². The van der Waals surface area contributed by atoms with E-state index in [1.165, 1.54) is 0 Å². The first-order valence-electron chi connectivity index (χ1n) is 9.30. The fourth-order valence-corrected chi connectivity index (χ4v) is 3.73. The monoisotopic (exact) mass is 404 g/mol. The molecular formula is C21H20N6OS. The minimum atomic E-state index is 0.569. The molecule has 0 atom stereocenters. The van der Waals surface area contributed by atoms with Crippen molar-refractivity contribution < 1.29 is 4.52 Å². The lowest BCUT2D eigenvalue weighted by Gasteiger charge is -2.07. The average Bonchev–Trinajstić information content (AvgIpc) is 3.40. The highest BCUT2D eigenvalue weighted by Crippen LogP contribution is 2.25. The molecule has 0 bridgehead atoms. The van der Waals surface area contributed by atoms with Gasteiger partial charge in [-0.05, 0) is 18.6 Å². The van der Waals surface area contributed by atoms with Gasteiger partial charge in [0.05, 0.1) is 0 Å². The highest BCUT2D eigenvalue weighted by Gasteiger charge is 2.14. The second kappa shape index (κ2) is 9.29. The van der Waals surface area contributed by atoms with Crippen molar-refractivity contribution in [3.63, 3.8) is 0 Å². The molecule has 1 aromatic carbocycles. The van der Waals surface area contributed by atoms with Gasteiger partial charge in [-0.15, -0.1) is 16.8 Å². The zero-order chi connectivity index (χ0) is 19.9. The number of thioether (sulfide) groups is 1. The summed E-state index contributed by atoms with van der Waals surface area (Å²) in [6.45, 7) is 4.52. The topological polar surface area (TPSA) is 82.5 Å². The maximum atomic E-state index is 5.35. The SMILES string of the molecule is C=CCn1c(SCCCc2nc(-c3cccnc3)no2)nnc1-c1ccccc1. The molecule has 4 rings (SSSR count). The van der Waals surface area contributed by atoms with Crippen LogP contribution in [-0.2, 0) is 13.0 Å². The van der Waals surface area contributed by atoms with Crippen molar-refractivity contribution in [2.75, 3.05) is 5.75 Å². The summed E-state index contributed by atoms with van der Waals surface area (Å²) in [4.78, 5) is 8.52. The second-order valence-electron chi connectivity index (χ2n) is 6.28. The summed E-state index contributed by atoms with van der Waals surface area (Å²) in [5.41, 5.74) is 1.89. The maximum absolute atomic E-state index is 5.35. The predicted octanol–water partition coefficient (Wildman–Crippen LogP) is 4.30. The van der Waals surface area contributed by atoms with Gasteiger partial charge in [0.1, 0.15) is 0 Å². The zero-order valence-electron chi connectivity index (χ0n) is 15.8. The number of hydrogen-bond acceptors (Lipinski definition) is 7. The molecule has 0 aliphatic heterocycles. The van der Waals surface area contributed by atoms with E-state index in [9.17, 15) is 0 Å². The quantitative estimate of drug-likeness (QED) is 0.234. The van der Waals surface area contributed by atoms with Gasteiger partial charge >= 0.3 is 0 Å². The number of hydrogen-bond donors (Lipinski definition) is 0. The molecule has 3 heterocycles. The predicted molar refractivity (Wildman–Crippen MR) is 112 cm³/mol. The smallest absolute Gasteiger partial charge is 0.226 e. The molecule has 3 aromatic heterocycles. The fourth-order valence-electron chi connectivity index (χ4n) is 2.85. The third-order valence-corrected chi connectivity index (χ3v) is 5.27. The molecule has 8 heteroatoms. The number of rotatable bonds is 9. The van der Waals surface area contributed by atoms with Crippen molar-refractivity contribution in [3.05, 3.63) is 73.4 Å². The van der Waals surface area contributed by atoms with Crippen LogP contribution in [0, 0.1) is 0 Å². The van der Waals surface area contributed by atoms with Gasteiger partial charge in [0.25, 0.3) is 0 Å². The van der Waals surface area contributed by atoms with E-state index < -0.39 is 0 Å². The van der Waals surface area contributed by atoms with E-state index in [0.29, 0.717) is 24.7 Å². The summed E-state index contributed by atoms with van der Waals surface area (Å²) in [5.74, 6) is 2.92. The molecular weight excluding hydrogens is 384 g/mol. The van der Waals surface area contributed by atoms with Crippen LogP contribution in [0.5, 0.6) is 0 Å². The number of aryl methyl sites for hydroxylation is 1. The molecule has 0 saturated heterocycles. The fraction of sp³-hybridized carbons (Fsp3) is 0.190. The molecule has 29 heavy (non-hydrogen) atoms. The number of aromatic nitrogens is 6. The molecule has 0 spiro atoms. The van der Waals surface area contributed by atoms with Crippen molar-refractivity contribution in [2.45, 2.75) is 24.5 Å². The Kier molecular flexibility index (Phi) is 6.11. The number of benzene rings is 1. The van der Waals surface area contributed by atoms with Crippen molar-refractivity contribution in [1.29, 1.82) is 0 Å². The summed E-state index contributed by atoms with van der Waals surface area (Å²) in [7, 11) is 0. The van der Waals surface area contributed by atoms with Gasteiger partial charge in [0, 0.05) is 42.2 Å². The van der Waals surface area contributed by atoms with Crippen LogP contribution in [0.1, 0.15) is 12.3 Å². The van der Waals surface area contributed by atoms with E-state index in [2.05, 4.69) is 36.5 Å². The highest BCUT2D eigenvalue weighted by atomic mass is 32.2. The van der Waals surface area contributed by atoms with E-state index in [4.69, 9.17) is 4.52 Å². The first-order valence-corrected chi connectivity index (χ1v) is 10.3. The van der Waals surface area contributed by atoms with Crippen molar-refractivity contribution in [2.24, 2.45) is 0 Å². The largest absolute Gasteiger partial charge is 0.339 e. The van der Waals surface area contributed by atoms with Crippen LogP contribution in [0.2, 0.25) is 0 Å². The van der Waals surface area contributed by atoms with Crippen LogP contribution < -0.4 is 0 Å². The molecule has 0 unspecified atom stereocenters. The van der Waals surface area contributed by atoms with E-state index in [1.807, 2.05) is 48.5 Å². The van der Waals surface area contributed by atoms with Gasteiger partial charge in [0.15, 0.2) is 11.0 Å². The standard InChI is InChI=1S/C21H20N6OS/c1-2-13-27-20(16-8-4-3-5-9-16)24-25-21(27)29-14-7-11-18-23-19(26-28-18)17-10-6-12-22-15-17/h2-6,8-10,12,15H,1,7,11,13-14H2. The summed E-state index contributed by atoms with van der Waals surface area (Å²) in [6.07, 6.45) is 6.90. The molecule has 7 nitrogen and oxygen atoms in total. The number of nitrogens with zero attached hydrogens (tertiary/aromatic N) is 6. The molecule has 0 fully saturated rings. The zero-order valence-corrected chi connectivity index (χ0v) is 16.6. The van der Waals surface area contributed by atoms with Crippen LogP contribution in [0.4, 0.5) is 0 Å². The van der Waals surface area contributed by atoms with E-state index >= 15 is 0 Å². The lowest BCUT2D eigenvalue weighted by molar-refractivity contribution is 0.378. The minimum absolute atomic E-state index is 0.569. The lowest BCUT2D eigenvalue weighted by atomic mass is 10.2. The Bertz CT molecular complexity index is 1060. The summed E-state index contributed by atoms with van der Waals surface area (Å²) in [6, 6.07) is 13.8. The molecule has 0 aliphatic rings. The number of allylic oxidation sites excluding steroid dienone is 1. The Hall–Kier alpha value is -3.26. The van der Waals surface area contributed by atoms with Crippen molar-refractivity contribution >= 4 is 11.8 Å². The van der Waals surface area contributed by atoms with Gasteiger partial charge in [-0.1, -0.05) is 53.3 Å².